The predicted molar refractivity (Wildman–Crippen MR) is 128 cm³/mol. The largest absolute Gasteiger partial charge is 0.489 e. The molecule has 2 heterocycles. The summed E-state index contributed by atoms with van der Waals surface area (Å²) in [5.41, 5.74) is 0.356. The fourth-order valence-electron chi connectivity index (χ4n) is 3.90. The lowest BCUT2D eigenvalue weighted by atomic mass is 9.97. The van der Waals surface area contributed by atoms with Crippen LogP contribution in [0.25, 0.3) is 0 Å². The third-order valence-electron chi connectivity index (χ3n) is 5.54. The Morgan fingerprint density at radius 3 is 2.58 bits per heavy atom. The molecule has 1 N–H and O–H groups in total. The first-order valence-corrected chi connectivity index (χ1v) is 12.8. The molecular weight excluding hydrogens is 442 g/mol. The van der Waals surface area contributed by atoms with Crippen molar-refractivity contribution in [2.24, 2.45) is 5.92 Å². The van der Waals surface area contributed by atoms with Crippen LogP contribution in [0.15, 0.2) is 41.6 Å². The summed E-state index contributed by atoms with van der Waals surface area (Å²) in [5.74, 6) is 0.584. The lowest BCUT2D eigenvalue weighted by Crippen LogP contribution is -2.41. The number of aromatic nitrogens is 2. The first kappa shape index (κ1) is 24.9. The van der Waals surface area contributed by atoms with E-state index in [0.29, 0.717) is 37.0 Å². The maximum atomic E-state index is 13.2. The summed E-state index contributed by atoms with van der Waals surface area (Å²) in [6, 6.07) is 6.38. The fourth-order valence-corrected chi connectivity index (χ4v) is 5.38. The number of sulfonamides is 1. The Hall–Kier alpha value is -2.72. The van der Waals surface area contributed by atoms with Gasteiger partial charge in [-0.15, -0.1) is 0 Å². The van der Waals surface area contributed by atoms with Crippen molar-refractivity contribution in [3.8, 4) is 5.75 Å². The van der Waals surface area contributed by atoms with Gasteiger partial charge in [-0.3, -0.25) is 4.79 Å². The Kier molecular flexibility index (Phi) is 8.25. The Balaban J connectivity index is 1.85. The van der Waals surface area contributed by atoms with E-state index in [1.165, 1.54) is 16.4 Å². The summed E-state index contributed by atoms with van der Waals surface area (Å²) < 4.78 is 33.3. The van der Waals surface area contributed by atoms with E-state index in [-0.39, 0.29) is 22.8 Å². The van der Waals surface area contributed by atoms with E-state index < -0.39 is 10.0 Å². The highest BCUT2D eigenvalue weighted by Gasteiger charge is 2.29. The van der Waals surface area contributed by atoms with Gasteiger partial charge in [0.25, 0.3) is 0 Å². The van der Waals surface area contributed by atoms with Gasteiger partial charge in [-0.2, -0.15) is 4.31 Å². The number of amides is 1. The molecule has 9 nitrogen and oxygen atoms in total. The average Bonchev–Trinajstić information content (AvgIpc) is 2.81. The van der Waals surface area contributed by atoms with Crippen LogP contribution < -0.4 is 15.0 Å². The second-order valence-electron chi connectivity index (χ2n) is 8.24. The van der Waals surface area contributed by atoms with Crippen LogP contribution in [0.2, 0.25) is 0 Å². The normalized spacial score (nSPS) is 16.8. The summed E-state index contributed by atoms with van der Waals surface area (Å²) in [6.45, 7) is 9.36. The third-order valence-corrected chi connectivity index (χ3v) is 7.59. The van der Waals surface area contributed by atoms with Crippen LogP contribution in [0.4, 0.5) is 11.6 Å². The van der Waals surface area contributed by atoms with Gasteiger partial charge in [0, 0.05) is 38.6 Å². The molecule has 0 saturated carbocycles. The molecule has 10 heteroatoms. The number of ether oxygens (including phenoxy) is 1. The van der Waals surface area contributed by atoms with Crippen molar-refractivity contribution in [3.05, 3.63) is 36.7 Å². The summed E-state index contributed by atoms with van der Waals surface area (Å²) in [6.07, 6.45) is 4.80. The maximum absolute atomic E-state index is 13.2. The van der Waals surface area contributed by atoms with Gasteiger partial charge in [-0.1, -0.05) is 13.8 Å². The number of carbonyl (C=O) groups excluding carboxylic acids is 1. The lowest BCUT2D eigenvalue weighted by molar-refractivity contribution is -0.120. The zero-order valence-corrected chi connectivity index (χ0v) is 20.5. The number of carbonyl (C=O) groups is 1. The van der Waals surface area contributed by atoms with E-state index >= 15 is 0 Å². The van der Waals surface area contributed by atoms with Crippen LogP contribution >= 0.6 is 0 Å². The van der Waals surface area contributed by atoms with Gasteiger partial charge >= 0.3 is 0 Å². The number of nitrogens with zero attached hydrogens (tertiary/aromatic N) is 4. The molecule has 1 atom stereocenters. The van der Waals surface area contributed by atoms with Crippen LogP contribution in [-0.4, -0.2) is 60.9 Å². The first-order chi connectivity index (χ1) is 15.8. The monoisotopic (exact) mass is 475 g/mol. The summed E-state index contributed by atoms with van der Waals surface area (Å²) in [4.78, 5) is 23.9. The zero-order chi connectivity index (χ0) is 24.0. The van der Waals surface area contributed by atoms with Gasteiger partial charge in [0.1, 0.15) is 5.75 Å². The molecule has 1 aromatic carbocycles. The lowest BCUT2D eigenvalue weighted by Gasteiger charge is -2.32. The molecule has 180 valence electrons. The van der Waals surface area contributed by atoms with Crippen LogP contribution in [0.1, 0.15) is 40.5 Å². The van der Waals surface area contributed by atoms with Crippen molar-refractivity contribution in [2.75, 3.05) is 36.4 Å². The highest BCUT2D eigenvalue weighted by Crippen LogP contribution is 2.31. The van der Waals surface area contributed by atoms with Crippen LogP contribution in [0, 0.1) is 5.92 Å². The summed E-state index contributed by atoms with van der Waals surface area (Å²) in [7, 11) is -3.67. The molecule has 1 aromatic heterocycles. The van der Waals surface area contributed by atoms with E-state index in [0.717, 1.165) is 19.4 Å². The molecule has 0 aliphatic carbocycles. The molecule has 2 aromatic rings. The Morgan fingerprint density at radius 1 is 1.24 bits per heavy atom. The molecular formula is C23H33N5O4S. The van der Waals surface area contributed by atoms with Crippen molar-refractivity contribution in [3.63, 3.8) is 0 Å². The average molecular weight is 476 g/mol. The number of hydrogen-bond donors (Lipinski definition) is 1. The molecule has 1 aliphatic heterocycles. The zero-order valence-electron chi connectivity index (χ0n) is 19.7. The molecule has 0 spiro atoms. The Morgan fingerprint density at radius 2 is 1.94 bits per heavy atom. The standard InChI is InChI=1S/C23H33N5O4S/c1-5-28(6-2)33(30,31)19-10-11-21(32-17(3)4)20(15-19)26-22(29)18-9-7-14-27(16-18)23-24-12-8-13-25-23/h8,10-13,15,17-18H,5-7,9,14,16H2,1-4H3,(H,26,29)/t18-/m1/s1. The van der Waals surface area contributed by atoms with Crippen molar-refractivity contribution in [2.45, 2.75) is 51.5 Å². The van der Waals surface area contributed by atoms with E-state index in [2.05, 4.69) is 15.3 Å². The molecule has 1 amide bonds. The SMILES string of the molecule is CCN(CC)S(=O)(=O)c1ccc(OC(C)C)c(NC(=O)[C@@H]2CCCN(c3ncccn3)C2)c1. The number of rotatable bonds is 9. The molecule has 1 saturated heterocycles. The maximum Gasteiger partial charge on any atom is 0.243 e. The smallest absolute Gasteiger partial charge is 0.243 e. The van der Waals surface area contributed by atoms with Gasteiger partial charge in [0.2, 0.25) is 21.9 Å². The minimum absolute atomic E-state index is 0.126. The van der Waals surface area contributed by atoms with Crippen LogP contribution in [0.5, 0.6) is 5.75 Å². The van der Waals surface area contributed by atoms with E-state index in [1.54, 1.807) is 38.4 Å². The van der Waals surface area contributed by atoms with Gasteiger partial charge in [-0.25, -0.2) is 18.4 Å². The fraction of sp³-hybridized carbons (Fsp3) is 0.522. The van der Waals surface area contributed by atoms with Crippen molar-refractivity contribution < 1.29 is 17.9 Å². The first-order valence-electron chi connectivity index (χ1n) is 11.4. The minimum Gasteiger partial charge on any atom is -0.489 e. The van der Waals surface area contributed by atoms with Crippen molar-refractivity contribution in [1.29, 1.82) is 0 Å². The number of nitrogens with one attached hydrogen (secondary N) is 1. The van der Waals surface area contributed by atoms with Gasteiger partial charge in [0.15, 0.2) is 0 Å². The van der Waals surface area contributed by atoms with Crippen LogP contribution in [-0.2, 0) is 14.8 Å². The van der Waals surface area contributed by atoms with E-state index in [9.17, 15) is 13.2 Å². The highest BCUT2D eigenvalue weighted by molar-refractivity contribution is 7.89. The van der Waals surface area contributed by atoms with Crippen molar-refractivity contribution >= 4 is 27.6 Å². The molecule has 0 unspecified atom stereocenters. The highest BCUT2D eigenvalue weighted by atomic mass is 32.2. The number of anilines is 2. The van der Waals surface area contributed by atoms with Gasteiger partial charge < -0.3 is 15.0 Å². The Bertz CT molecular complexity index is 1040. The second-order valence-corrected chi connectivity index (χ2v) is 10.2. The summed E-state index contributed by atoms with van der Waals surface area (Å²) >= 11 is 0. The van der Waals surface area contributed by atoms with E-state index in [1.807, 2.05) is 18.7 Å². The number of benzene rings is 1. The molecule has 0 radical (unpaired) electrons. The summed E-state index contributed by atoms with van der Waals surface area (Å²) in [5, 5.41) is 2.93. The van der Waals surface area contributed by atoms with Crippen molar-refractivity contribution in [1.82, 2.24) is 14.3 Å². The molecule has 1 fully saturated rings. The molecule has 33 heavy (non-hydrogen) atoms. The number of piperidine rings is 1. The minimum atomic E-state index is -3.67. The van der Waals surface area contributed by atoms with Crippen LogP contribution in [0.3, 0.4) is 0 Å². The van der Waals surface area contributed by atoms with E-state index in [4.69, 9.17) is 4.74 Å². The molecule has 0 bridgehead atoms. The van der Waals surface area contributed by atoms with Gasteiger partial charge in [0.05, 0.1) is 22.6 Å². The Labute approximate surface area is 196 Å². The topological polar surface area (TPSA) is 105 Å². The molecule has 3 rings (SSSR count). The third kappa shape index (κ3) is 6.00. The molecule has 1 aliphatic rings. The van der Waals surface area contributed by atoms with Gasteiger partial charge in [-0.05, 0) is 51.0 Å². The quantitative estimate of drug-likeness (QED) is 0.594. The predicted octanol–water partition coefficient (Wildman–Crippen LogP) is 3.15. The number of hydrogen-bond acceptors (Lipinski definition) is 7. The second kappa shape index (κ2) is 10.9.